The Balaban J connectivity index is 1.89. The molecule has 0 aliphatic carbocycles. The first-order valence-corrected chi connectivity index (χ1v) is 6.74. The number of fused-ring (bicyclic) bond motifs is 1. The van der Waals surface area contributed by atoms with Crippen molar-refractivity contribution >= 4 is 11.6 Å². The fraction of sp³-hybridized carbons (Fsp3) is 0.692. The van der Waals surface area contributed by atoms with Crippen LogP contribution in [-0.4, -0.2) is 46.6 Å². The fourth-order valence-electron chi connectivity index (χ4n) is 3.23. The molecule has 3 heterocycles. The molecule has 0 bridgehead atoms. The maximum absolute atomic E-state index is 5.89. The molecule has 2 aliphatic rings. The van der Waals surface area contributed by atoms with Crippen molar-refractivity contribution in [1.29, 1.82) is 0 Å². The van der Waals surface area contributed by atoms with Gasteiger partial charge in [0.05, 0.1) is 0 Å². The van der Waals surface area contributed by atoms with Crippen molar-refractivity contribution < 1.29 is 0 Å². The van der Waals surface area contributed by atoms with Crippen LogP contribution in [0.2, 0.25) is 0 Å². The molecule has 0 radical (unpaired) electrons. The first-order valence-electron chi connectivity index (χ1n) is 6.74. The predicted molar refractivity (Wildman–Crippen MR) is 72.6 cm³/mol. The summed E-state index contributed by atoms with van der Waals surface area (Å²) in [6.07, 6.45) is 4.21. The zero-order valence-corrected chi connectivity index (χ0v) is 11.1. The topological polar surface area (TPSA) is 58.3 Å². The summed E-state index contributed by atoms with van der Waals surface area (Å²) in [5, 5.41) is 0. The second kappa shape index (κ2) is 4.39. The third-order valence-corrected chi connectivity index (χ3v) is 4.31. The second-order valence-electron chi connectivity index (χ2n) is 5.50. The summed E-state index contributed by atoms with van der Waals surface area (Å²) in [7, 11) is 0. The van der Waals surface area contributed by atoms with Crippen LogP contribution in [0.4, 0.5) is 11.6 Å². The molecule has 18 heavy (non-hydrogen) atoms. The van der Waals surface area contributed by atoms with Crippen molar-refractivity contribution in [3.8, 4) is 0 Å². The van der Waals surface area contributed by atoms with Gasteiger partial charge < -0.3 is 10.6 Å². The fourth-order valence-corrected chi connectivity index (χ4v) is 3.23. The van der Waals surface area contributed by atoms with E-state index in [4.69, 9.17) is 5.73 Å². The van der Waals surface area contributed by atoms with Crippen LogP contribution in [0.5, 0.6) is 0 Å². The van der Waals surface area contributed by atoms with E-state index in [0.717, 1.165) is 24.5 Å². The van der Waals surface area contributed by atoms with Crippen LogP contribution in [0.15, 0.2) is 6.33 Å². The standard InChI is InChI=1S/C13H21N5/c1-9-6-17-5-3-4-11(17)7-18(9)13-10(2)12(14)15-8-16-13/h8-9,11H,3-7H2,1-2H3,(H2,14,15,16). The molecule has 0 amide bonds. The zero-order chi connectivity index (χ0) is 12.7. The van der Waals surface area contributed by atoms with Crippen LogP contribution < -0.4 is 10.6 Å². The van der Waals surface area contributed by atoms with Crippen molar-refractivity contribution in [2.75, 3.05) is 30.3 Å². The minimum absolute atomic E-state index is 0.493. The molecule has 2 aliphatic heterocycles. The lowest BCUT2D eigenvalue weighted by Crippen LogP contribution is -2.55. The molecule has 1 aromatic heterocycles. The van der Waals surface area contributed by atoms with Crippen LogP contribution in [0, 0.1) is 6.92 Å². The SMILES string of the molecule is Cc1c(N)ncnc1N1CC2CCCN2CC1C. The smallest absolute Gasteiger partial charge is 0.137 e. The summed E-state index contributed by atoms with van der Waals surface area (Å²) in [6.45, 7) is 7.74. The van der Waals surface area contributed by atoms with Crippen molar-refractivity contribution in [2.24, 2.45) is 0 Å². The Morgan fingerprint density at radius 1 is 1.33 bits per heavy atom. The highest BCUT2D eigenvalue weighted by Crippen LogP contribution is 2.29. The molecular weight excluding hydrogens is 226 g/mol. The van der Waals surface area contributed by atoms with E-state index in [1.165, 1.54) is 19.4 Å². The Kier molecular flexibility index (Phi) is 2.86. The number of nitrogens with zero attached hydrogens (tertiary/aromatic N) is 4. The molecule has 2 unspecified atom stereocenters. The quantitative estimate of drug-likeness (QED) is 0.803. The molecule has 2 N–H and O–H groups in total. The lowest BCUT2D eigenvalue weighted by Gasteiger charge is -2.43. The van der Waals surface area contributed by atoms with Gasteiger partial charge in [0.2, 0.25) is 0 Å². The largest absolute Gasteiger partial charge is 0.383 e. The number of rotatable bonds is 1. The van der Waals surface area contributed by atoms with Crippen LogP contribution in [0.1, 0.15) is 25.3 Å². The molecule has 3 rings (SSSR count). The first kappa shape index (κ1) is 11.7. The minimum atomic E-state index is 0.493. The van der Waals surface area contributed by atoms with Crippen molar-refractivity contribution in [3.63, 3.8) is 0 Å². The van der Waals surface area contributed by atoms with Gasteiger partial charge in [-0.2, -0.15) is 0 Å². The van der Waals surface area contributed by atoms with Gasteiger partial charge in [-0.1, -0.05) is 0 Å². The Bertz CT molecular complexity index is 447. The lowest BCUT2D eigenvalue weighted by molar-refractivity contribution is 0.202. The lowest BCUT2D eigenvalue weighted by atomic mass is 10.1. The second-order valence-corrected chi connectivity index (χ2v) is 5.50. The third-order valence-electron chi connectivity index (χ3n) is 4.31. The molecular formula is C13H21N5. The third kappa shape index (κ3) is 1.82. The van der Waals surface area contributed by atoms with E-state index in [-0.39, 0.29) is 0 Å². The van der Waals surface area contributed by atoms with Gasteiger partial charge in [-0.25, -0.2) is 9.97 Å². The van der Waals surface area contributed by atoms with E-state index in [1.54, 1.807) is 6.33 Å². The molecule has 2 saturated heterocycles. The summed E-state index contributed by atoms with van der Waals surface area (Å²) in [6, 6.07) is 1.18. The molecule has 2 atom stereocenters. The summed E-state index contributed by atoms with van der Waals surface area (Å²) < 4.78 is 0. The highest BCUT2D eigenvalue weighted by atomic mass is 15.3. The van der Waals surface area contributed by atoms with Crippen molar-refractivity contribution in [3.05, 3.63) is 11.9 Å². The van der Waals surface area contributed by atoms with Gasteiger partial charge in [0.15, 0.2) is 0 Å². The van der Waals surface area contributed by atoms with E-state index in [0.29, 0.717) is 17.9 Å². The predicted octanol–water partition coefficient (Wildman–Crippen LogP) is 1.04. The van der Waals surface area contributed by atoms with Gasteiger partial charge in [0.1, 0.15) is 18.0 Å². The van der Waals surface area contributed by atoms with Gasteiger partial charge >= 0.3 is 0 Å². The molecule has 0 spiro atoms. The maximum Gasteiger partial charge on any atom is 0.137 e. The average molecular weight is 247 g/mol. The average Bonchev–Trinajstić information content (AvgIpc) is 2.79. The van der Waals surface area contributed by atoms with Gasteiger partial charge in [-0.15, -0.1) is 0 Å². The first-order chi connectivity index (χ1) is 8.66. The zero-order valence-electron chi connectivity index (χ0n) is 11.1. The molecule has 5 heteroatoms. The van der Waals surface area contributed by atoms with Crippen LogP contribution in [0.3, 0.4) is 0 Å². The number of hydrogen-bond donors (Lipinski definition) is 1. The van der Waals surface area contributed by atoms with E-state index in [9.17, 15) is 0 Å². The summed E-state index contributed by atoms with van der Waals surface area (Å²) in [5.74, 6) is 1.61. The highest BCUT2D eigenvalue weighted by molar-refractivity contribution is 5.56. The van der Waals surface area contributed by atoms with E-state index < -0.39 is 0 Å². The van der Waals surface area contributed by atoms with E-state index in [2.05, 4.69) is 26.7 Å². The van der Waals surface area contributed by atoms with Gasteiger partial charge in [-0.05, 0) is 33.2 Å². The number of piperazine rings is 1. The summed E-state index contributed by atoms with van der Waals surface area (Å²) in [4.78, 5) is 13.5. The van der Waals surface area contributed by atoms with E-state index in [1.807, 2.05) is 6.92 Å². The molecule has 0 saturated carbocycles. The van der Waals surface area contributed by atoms with E-state index >= 15 is 0 Å². The van der Waals surface area contributed by atoms with Crippen molar-refractivity contribution in [1.82, 2.24) is 14.9 Å². The van der Waals surface area contributed by atoms with Crippen LogP contribution in [-0.2, 0) is 0 Å². The monoisotopic (exact) mass is 247 g/mol. The Morgan fingerprint density at radius 2 is 2.17 bits per heavy atom. The van der Waals surface area contributed by atoms with Crippen LogP contribution in [0.25, 0.3) is 0 Å². The number of aromatic nitrogens is 2. The Hall–Kier alpha value is -1.36. The van der Waals surface area contributed by atoms with Gasteiger partial charge in [0, 0.05) is 30.7 Å². The molecule has 2 fully saturated rings. The Labute approximate surface area is 108 Å². The molecule has 98 valence electrons. The number of nitrogen functional groups attached to an aromatic ring is 1. The van der Waals surface area contributed by atoms with Crippen molar-refractivity contribution in [2.45, 2.75) is 38.8 Å². The molecule has 0 aromatic carbocycles. The summed E-state index contributed by atoms with van der Waals surface area (Å²) in [5.41, 5.74) is 6.90. The van der Waals surface area contributed by atoms with Gasteiger partial charge in [0.25, 0.3) is 0 Å². The highest BCUT2D eigenvalue weighted by Gasteiger charge is 2.35. The van der Waals surface area contributed by atoms with Gasteiger partial charge in [-0.3, -0.25) is 4.90 Å². The minimum Gasteiger partial charge on any atom is -0.383 e. The normalized spacial score (nSPS) is 28.4. The molecule has 5 nitrogen and oxygen atoms in total. The number of hydrogen-bond acceptors (Lipinski definition) is 5. The maximum atomic E-state index is 5.89. The Morgan fingerprint density at radius 3 is 3.00 bits per heavy atom. The molecule has 1 aromatic rings. The van der Waals surface area contributed by atoms with Crippen LogP contribution >= 0.6 is 0 Å². The number of anilines is 2. The number of nitrogens with two attached hydrogens (primary N) is 1. The summed E-state index contributed by atoms with van der Waals surface area (Å²) >= 11 is 0.